The number of imidazole rings is 1. The molecule has 5 nitrogen and oxygen atoms in total. The lowest BCUT2D eigenvalue weighted by atomic mass is 9.86. The van der Waals surface area contributed by atoms with E-state index in [-0.39, 0.29) is 5.91 Å². The molecule has 3 heterocycles. The van der Waals surface area contributed by atoms with Crippen molar-refractivity contribution in [3.05, 3.63) is 42.2 Å². The van der Waals surface area contributed by atoms with Gasteiger partial charge >= 0.3 is 0 Å². The van der Waals surface area contributed by atoms with Crippen molar-refractivity contribution in [2.24, 2.45) is 7.05 Å². The molecule has 1 aliphatic rings. The van der Waals surface area contributed by atoms with Crippen molar-refractivity contribution in [1.29, 1.82) is 0 Å². The largest absolute Gasteiger partial charge is 0.327 e. The average molecular weight is 292 g/mol. The van der Waals surface area contributed by atoms with Gasteiger partial charge in [0.25, 0.3) is 0 Å². The number of hydrogen-bond acceptors (Lipinski definition) is 3. The van der Waals surface area contributed by atoms with Crippen molar-refractivity contribution in [3.8, 4) is 11.4 Å². The van der Waals surface area contributed by atoms with Gasteiger partial charge in [0.1, 0.15) is 5.82 Å². The molecule has 0 aliphatic carbocycles. The highest BCUT2D eigenvalue weighted by Gasteiger charge is 2.38. The van der Waals surface area contributed by atoms with Crippen LogP contribution in [0, 0.1) is 0 Å². The third-order valence-electron chi connectivity index (χ3n) is 4.45. The molecular weight excluding hydrogens is 276 g/mol. The highest BCUT2D eigenvalue weighted by molar-refractivity contribution is 6.07. The third kappa shape index (κ3) is 1.62. The van der Waals surface area contributed by atoms with Crippen LogP contribution < -0.4 is 5.32 Å². The summed E-state index contributed by atoms with van der Waals surface area (Å²) in [5, 5.41) is 2.97. The second-order valence-corrected chi connectivity index (χ2v) is 6.20. The summed E-state index contributed by atoms with van der Waals surface area (Å²) in [7, 11) is 1.99. The Morgan fingerprint density at radius 2 is 1.91 bits per heavy atom. The van der Waals surface area contributed by atoms with Crippen molar-refractivity contribution in [2.45, 2.75) is 19.3 Å². The Balaban J connectivity index is 1.97. The van der Waals surface area contributed by atoms with Crippen molar-refractivity contribution in [3.63, 3.8) is 0 Å². The van der Waals surface area contributed by atoms with Crippen LogP contribution >= 0.6 is 0 Å². The minimum absolute atomic E-state index is 0.0344. The van der Waals surface area contributed by atoms with Crippen molar-refractivity contribution in [2.75, 3.05) is 5.32 Å². The van der Waals surface area contributed by atoms with Gasteiger partial charge < -0.3 is 9.88 Å². The van der Waals surface area contributed by atoms with Crippen LogP contribution in [0.3, 0.4) is 0 Å². The fourth-order valence-electron chi connectivity index (χ4n) is 3.02. The Labute approximate surface area is 128 Å². The van der Waals surface area contributed by atoms with Crippen LogP contribution in [-0.4, -0.2) is 20.4 Å². The molecule has 2 aromatic heterocycles. The van der Waals surface area contributed by atoms with Crippen LogP contribution in [0.2, 0.25) is 0 Å². The number of fused-ring (bicyclic) bond motifs is 2. The fourth-order valence-corrected chi connectivity index (χ4v) is 3.02. The van der Waals surface area contributed by atoms with Crippen LogP contribution in [0.15, 0.2) is 36.7 Å². The van der Waals surface area contributed by atoms with Gasteiger partial charge in [0.15, 0.2) is 0 Å². The van der Waals surface area contributed by atoms with E-state index in [0.717, 1.165) is 33.7 Å². The van der Waals surface area contributed by atoms with Crippen molar-refractivity contribution in [1.82, 2.24) is 14.5 Å². The summed E-state index contributed by atoms with van der Waals surface area (Å²) in [4.78, 5) is 20.9. The first-order valence-electron chi connectivity index (χ1n) is 7.21. The van der Waals surface area contributed by atoms with E-state index in [1.165, 1.54) is 0 Å². The van der Waals surface area contributed by atoms with Gasteiger partial charge in [-0.1, -0.05) is 0 Å². The van der Waals surface area contributed by atoms with Gasteiger partial charge in [0.2, 0.25) is 5.91 Å². The Hall–Kier alpha value is -2.69. The molecule has 0 atom stereocenters. The zero-order chi connectivity index (χ0) is 15.5. The molecule has 3 aromatic rings. The minimum Gasteiger partial charge on any atom is -0.327 e. The summed E-state index contributed by atoms with van der Waals surface area (Å²) in [5.74, 6) is 0.928. The lowest BCUT2D eigenvalue weighted by molar-refractivity contribution is -0.119. The molecular formula is C17H16N4O. The van der Waals surface area contributed by atoms with E-state index in [9.17, 15) is 4.79 Å². The predicted molar refractivity (Wildman–Crippen MR) is 85.6 cm³/mol. The van der Waals surface area contributed by atoms with Gasteiger partial charge in [0, 0.05) is 30.7 Å². The van der Waals surface area contributed by atoms with Crippen molar-refractivity contribution >= 4 is 22.6 Å². The Bertz CT molecular complexity index is 909. The normalized spacial score (nSPS) is 15.9. The molecule has 4 rings (SSSR count). The number of benzene rings is 1. The molecule has 1 amide bonds. The maximum atomic E-state index is 12.1. The molecule has 1 aromatic carbocycles. The van der Waals surface area contributed by atoms with Crippen LogP contribution in [0.5, 0.6) is 0 Å². The minimum atomic E-state index is -0.516. The van der Waals surface area contributed by atoms with Crippen LogP contribution in [0.1, 0.15) is 19.4 Å². The molecule has 0 unspecified atom stereocenters. The first kappa shape index (κ1) is 13.0. The number of rotatable bonds is 1. The Morgan fingerprint density at radius 1 is 1.18 bits per heavy atom. The summed E-state index contributed by atoms with van der Waals surface area (Å²) in [6, 6.07) is 7.92. The van der Waals surface area contributed by atoms with E-state index < -0.39 is 5.41 Å². The Kier molecular flexibility index (Phi) is 2.46. The van der Waals surface area contributed by atoms with Crippen LogP contribution in [-0.2, 0) is 17.3 Å². The number of aromatic nitrogens is 3. The number of hydrogen-bond donors (Lipinski definition) is 1. The van der Waals surface area contributed by atoms with E-state index in [0.29, 0.717) is 0 Å². The predicted octanol–water partition coefficient (Wildman–Crippen LogP) is 2.87. The number of aryl methyl sites for hydroxylation is 1. The molecule has 0 saturated carbocycles. The average Bonchev–Trinajstić information content (AvgIpc) is 2.94. The highest BCUT2D eigenvalue weighted by Crippen LogP contribution is 2.40. The van der Waals surface area contributed by atoms with Gasteiger partial charge in [-0.15, -0.1) is 0 Å². The van der Waals surface area contributed by atoms with Gasteiger partial charge in [-0.3, -0.25) is 9.78 Å². The zero-order valence-electron chi connectivity index (χ0n) is 12.7. The lowest BCUT2D eigenvalue weighted by Gasteiger charge is -2.14. The molecule has 0 saturated heterocycles. The third-order valence-corrected chi connectivity index (χ3v) is 4.45. The number of carbonyl (C=O) groups is 1. The summed E-state index contributed by atoms with van der Waals surface area (Å²) in [6.45, 7) is 3.87. The number of pyridine rings is 1. The summed E-state index contributed by atoms with van der Waals surface area (Å²) in [5.41, 5.74) is 4.30. The first-order chi connectivity index (χ1) is 10.5. The van der Waals surface area contributed by atoms with Gasteiger partial charge in [0.05, 0.1) is 16.4 Å². The molecule has 22 heavy (non-hydrogen) atoms. The van der Waals surface area contributed by atoms with E-state index >= 15 is 0 Å². The molecule has 110 valence electrons. The highest BCUT2D eigenvalue weighted by atomic mass is 16.2. The van der Waals surface area contributed by atoms with Gasteiger partial charge in [-0.05, 0) is 43.7 Å². The maximum Gasteiger partial charge on any atom is 0.234 e. The van der Waals surface area contributed by atoms with Crippen molar-refractivity contribution < 1.29 is 4.79 Å². The molecule has 1 N–H and O–H groups in total. The first-order valence-corrected chi connectivity index (χ1v) is 7.21. The van der Waals surface area contributed by atoms with Gasteiger partial charge in [-0.2, -0.15) is 0 Å². The van der Waals surface area contributed by atoms with E-state index in [2.05, 4.69) is 10.3 Å². The smallest absolute Gasteiger partial charge is 0.234 e. The second-order valence-electron chi connectivity index (χ2n) is 6.20. The molecule has 0 fully saturated rings. The monoisotopic (exact) mass is 292 g/mol. The number of amides is 1. The second kappa shape index (κ2) is 4.16. The Morgan fingerprint density at radius 3 is 2.64 bits per heavy atom. The topological polar surface area (TPSA) is 59.8 Å². The lowest BCUT2D eigenvalue weighted by Crippen LogP contribution is -2.26. The zero-order valence-corrected chi connectivity index (χ0v) is 12.7. The maximum absolute atomic E-state index is 12.1. The number of carbonyl (C=O) groups excluding carboxylic acids is 1. The number of nitrogens with zero attached hydrogens (tertiary/aromatic N) is 3. The molecule has 5 heteroatoms. The number of nitrogens with one attached hydrogen (secondary N) is 1. The quantitative estimate of drug-likeness (QED) is 0.750. The molecule has 0 radical (unpaired) electrons. The van der Waals surface area contributed by atoms with E-state index in [1.807, 2.05) is 49.7 Å². The van der Waals surface area contributed by atoms with Gasteiger partial charge in [-0.25, -0.2) is 4.98 Å². The summed E-state index contributed by atoms with van der Waals surface area (Å²) in [6.07, 6.45) is 3.52. The van der Waals surface area contributed by atoms with Crippen LogP contribution in [0.25, 0.3) is 22.4 Å². The SMILES string of the molecule is Cn1c(-c2ccncc2)nc2cc3c(cc21)NC(=O)C3(C)C. The standard InChI is InChI=1S/C17H16N4O/c1-17(2)11-8-13-14(9-12(11)20-16(17)22)21(3)15(19-13)10-4-6-18-7-5-10/h4-9H,1-3H3,(H,20,22). The van der Waals surface area contributed by atoms with Crippen LogP contribution in [0.4, 0.5) is 5.69 Å². The molecule has 0 spiro atoms. The summed E-state index contributed by atoms with van der Waals surface area (Å²) >= 11 is 0. The molecule has 1 aliphatic heterocycles. The fraction of sp³-hybridized carbons (Fsp3) is 0.235. The summed E-state index contributed by atoms with van der Waals surface area (Å²) < 4.78 is 2.04. The number of anilines is 1. The van der Waals surface area contributed by atoms with E-state index in [1.54, 1.807) is 12.4 Å². The van der Waals surface area contributed by atoms with E-state index in [4.69, 9.17) is 4.98 Å². The molecule has 0 bridgehead atoms.